The number of Topliss-reactive ketones (excluding diaryl/α,β-unsaturated/α-hetero) is 1. The first kappa shape index (κ1) is 44.3. The molecule has 0 spiro atoms. The SMILES string of the molecule is CC(=O)c1ccccc1-c1ccc2nc(CCc3ccc(OCC(C)(F)F)cc3)[nH]c2c1.CC(O)c1ccccc1-c1ccc2nc(CCc3ccc(OC(C)(F)F)cc3)[nH]c2c1. The van der Waals surface area contributed by atoms with Gasteiger partial charge in [0.05, 0.1) is 28.2 Å². The Bertz CT molecular complexity index is 2810. The number of alkyl halides is 4. The molecule has 0 fully saturated rings. The smallest absolute Gasteiger partial charge is 0.394 e. The average molecular weight is 857 g/mol. The lowest BCUT2D eigenvalue weighted by molar-refractivity contribution is -0.158. The summed E-state index contributed by atoms with van der Waals surface area (Å²) in [7, 11) is 0. The number of carbonyl (C=O) groups excluding carboxylic acids is 1. The number of aliphatic hydroxyl groups is 1. The molecule has 3 N–H and O–H groups in total. The fourth-order valence-electron chi connectivity index (χ4n) is 7.28. The molecule has 0 aliphatic heterocycles. The number of aryl methyl sites for hydroxylation is 4. The lowest BCUT2D eigenvalue weighted by atomic mass is 9.96. The van der Waals surface area contributed by atoms with Gasteiger partial charge in [0.15, 0.2) is 12.4 Å². The van der Waals surface area contributed by atoms with Crippen LogP contribution in [0.1, 0.15) is 72.5 Å². The lowest BCUT2D eigenvalue weighted by Crippen LogP contribution is -2.20. The Hall–Kier alpha value is -6.79. The van der Waals surface area contributed by atoms with Crippen molar-refractivity contribution in [2.75, 3.05) is 6.61 Å². The largest absolute Gasteiger partial charge is 0.487 e. The summed E-state index contributed by atoms with van der Waals surface area (Å²) in [6, 6.07) is 41.2. The quantitative estimate of drug-likeness (QED) is 0.0699. The zero-order valence-electron chi connectivity index (χ0n) is 35.4. The van der Waals surface area contributed by atoms with Gasteiger partial charge >= 0.3 is 6.11 Å². The second kappa shape index (κ2) is 19.1. The molecule has 12 heteroatoms. The molecule has 8 nitrogen and oxygen atoms in total. The number of carbonyl (C=O) groups is 1. The van der Waals surface area contributed by atoms with E-state index < -0.39 is 24.7 Å². The topological polar surface area (TPSA) is 113 Å². The van der Waals surface area contributed by atoms with Crippen molar-refractivity contribution in [3.63, 3.8) is 0 Å². The molecule has 8 aromatic rings. The van der Waals surface area contributed by atoms with Crippen LogP contribution in [0.3, 0.4) is 0 Å². The Labute approximate surface area is 363 Å². The number of ketones is 1. The predicted molar refractivity (Wildman–Crippen MR) is 239 cm³/mol. The summed E-state index contributed by atoms with van der Waals surface area (Å²) in [6.45, 7) is 4.25. The maximum Gasteiger partial charge on any atom is 0.394 e. The van der Waals surface area contributed by atoms with E-state index in [-0.39, 0.29) is 11.5 Å². The molecule has 0 bridgehead atoms. The van der Waals surface area contributed by atoms with Gasteiger partial charge in [0.1, 0.15) is 23.1 Å². The highest BCUT2D eigenvalue weighted by Crippen LogP contribution is 2.31. The van der Waals surface area contributed by atoms with Crippen molar-refractivity contribution in [2.24, 2.45) is 0 Å². The summed E-state index contributed by atoms with van der Waals surface area (Å²) >= 11 is 0. The standard InChI is InChI=1S/C26H24F2N2O2.C25H24F2N2O2/c1-17(31)21-5-3-4-6-22(21)19-10-13-23-24(15-19)30-25(29-23)14-9-18-7-11-20(12-8-18)32-16-26(2,27)28;1-16(30)20-5-3-4-6-21(20)18-10-13-22-23(15-18)29-24(28-22)14-9-17-7-11-19(12-8-17)31-25(2,26)27/h3-8,10-13,15H,9,14,16H2,1-2H3,(H,29,30);3-8,10-13,15-16,30H,9,14H2,1-2H3,(H,28,29). The summed E-state index contributed by atoms with van der Waals surface area (Å²) in [6.07, 6.45) is -0.862. The number of aromatic nitrogens is 4. The highest BCUT2D eigenvalue weighted by atomic mass is 19.3. The van der Waals surface area contributed by atoms with Gasteiger partial charge in [-0.05, 0) is 114 Å². The number of ether oxygens (including phenoxy) is 2. The molecule has 0 amide bonds. The monoisotopic (exact) mass is 856 g/mol. The molecule has 8 rings (SSSR count). The third-order valence-electron chi connectivity index (χ3n) is 10.3. The van der Waals surface area contributed by atoms with Gasteiger partial charge in [-0.25, -0.2) is 18.7 Å². The van der Waals surface area contributed by atoms with Gasteiger partial charge in [-0.15, -0.1) is 0 Å². The van der Waals surface area contributed by atoms with Crippen molar-refractivity contribution in [3.05, 3.63) is 167 Å². The summed E-state index contributed by atoms with van der Waals surface area (Å²) in [5.41, 5.74) is 11.1. The first-order valence-electron chi connectivity index (χ1n) is 20.7. The van der Waals surface area contributed by atoms with Crippen molar-refractivity contribution in [1.82, 2.24) is 19.9 Å². The number of rotatable bonds is 15. The summed E-state index contributed by atoms with van der Waals surface area (Å²) in [5.74, 6) is -0.527. The number of aromatic amines is 2. The van der Waals surface area contributed by atoms with E-state index in [1.54, 1.807) is 50.2 Å². The van der Waals surface area contributed by atoms with Crippen molar-refractivity contribution >= 4 is 27.9 Å². The van der Waals surface area contributed by atoms with Crippen LogP contribution in [0.15, 0.2) is 133 Å². The number of H-pyrrole nitrogens is 2. The molecule has 1 unspecified atom stereocenters. The summed E-state index contributed by atoms with van der Waals surface area (Å²) < 4.78 is 61.4. The molecule has 0 aliphatic carbocycles. The van der Waals surface area contributed by atoms with E-state index in [1.807, 2.05) is 97.1 Å². The van der Waals surface area contributed by atoms with E-state index in [1.165, 1.54) is 0 Å². The van der Waals surface area contributed by atoms with Gasteiger partial charge in [0, 0.05) is 32.3 Å². The normalized spacial score (nSPS) is 12.2. The molecule has 1 atom stereocenters. The molecule has 63 heavy (non-hydrogen) atoms. The number of hydrogen-bond acceptors (Lipinski definition) is 6. The molecule has 0 radical (unpaired) electrons. The Morgan fingerprint density at radius 2 is 1.14 bits per heavy atom. The number of hydrogen-bond donors (Lipinski definition) is 3. The zero-order valence-corrected chi connectivity index (χ0v) is 35.4. The molecule has 2 heterocycles. The van der Waals surface area contributed by atoms with Gasteiger partial charge in [0.25, 0.3) is 5.92 Å². The van der Waals surface area contributed by atoms with Crippen LogP contribution >= 0.6 is 0 Å². The summed E-state index contributed by atoms with van der Waals surface area (Å²) in [4.78, 5) is 28.0. The molecule has 324 valence electrons. The average Bonchev–Trinajstić information content (AvgIpc) is 3.87. The zero-order chi connectivity index (χ0) is 44.7. The van der Waals surface area contributed by atoms with Crippen LogP contribution in [0, 0.1) is 0 Å². The number of nitrogens with one attached hydrogen (secondary N) is 2. The van der Waals surface area contributed by atoms with Crippen LogP contribution in [-0.4, -0.2) is 49.5 Å². The van der Waals surface area contributed by atoms with Gasteiger partial charge in [0.2, 0.25) is 0 Å². The molecule has 6 aromatic carbocycles. The first-order chi connectivity index (χ1) is 30.1. The predicted octanol–water partition coefficient (Wildman–Crippen LogP) is 12.3. The third kappa shape index (κ3) is 12.0. The Morgan fingerprint density at radius 1 is 0.651 bits per heavy atom. The fourth-order valence-corrected chi connectivity index (χ4v) is 7.28. The maximum atomic E-state index is 12.9. The minimum absolute atomic E-state index is 0.0332. The van der Waals surface area contributed by atoms with Gasteiger partial charge in [-0.3, -0.25) is 4.79 Å². The minimum Gasteiger partial charge on any atom is -0.487 e. The molecule has 0 saturated heterocycles. The Balaban J connectivity index is 0.000000189. The number of halogens is 4. The summed E-state index contributed by atoms with van der Waals surface area (Å²) in [5, 5.41) is 10.1. The van der Waals surface area contributed by atoms with Crippen molar-refractivity contribution < 1.29 is 36.9 Å². The Kier molecular flexibility index (Phi) is 13.4. The molecular weight excluding hydrogens is 809 g/mol. The van der Waals surface area contributed by atoms with E-state index in [2.05, 4.69) is 24.7 Å². The lowest BCUT2D eigenvalue weighted by Gasteiger charge is -2.13. The first-order valence-corrected chi connectivity index (χ1v) is 20.7. The van der Waals surface area contributed by atoms with E-state index in [4.69, 9.17) is 4.74 Å². The van der Waals surface area contributed by atoms with Crippen molar-refractivity contribution in [2.45, 2.75) is 71.5 Å². The fraction of sp³-hybridized carbons (Fsp3) is 0.235. The number of imidazole rings is 2. The van der Waals surface area contributed by atoms with E-state index in [0.717, 1.165) is 99.3 Å². The second-order valence-electron chi connectivity index (χ2n) is 15.8. The highest BCUT2D eigenvalue weighted by molar-refractivity contribution is 6.01. The van der Waals surface area contributed by atoms with Crippen LogP contribution in [-0.2, 0) is 25.7 Å². The van der Waals surface area contributed by atoms with Gasteiger partial charge in [-0.1, -0.05) is 84.9 Å². The maximum absolute atomic E-state index is 12.9. The van der Waals surface area contributed by atoms with E-state index in [0.29, 0.717) is 24.2 Å². The minimum atomic E-state index is -3.19. The highest BCUT2D eigenvalue weighted by Gasteiger charge is 2.23. The van der Waals surface area contributed by atoms with Crippen LogP contribution in [0.2, 0.25) is 0 Å². The number of fused-ring (bicyclic) bond motifs is 2. The Morgan fingerprint density at radius 3 is 1.65 bits per heavy atom. The van der Waals surface area contributed by atoms with E-state index >= 15 is 0 Å². The van der Waals surface area contributed by atoms with Gasteiger partial charge in [-0.2, -0.15) is 8.78 Å². The van der Waals surface area contributed by atoms with Crippen molar-refractivity contribution in [3.8, 4) is 33.8 Å². The molecular formula is C51H48F4N4O4. The second-order valence-corrected chi connectivity index (χ2v) is 15.8. The van der Waals surface area contributed by atoms with Crippen LogP contribution in [0.4, 0.5) is 17.6 Å². The number of aliphatic hydroxyl groups excluding tert-OH is 1. The van der Waals surface area contributed by atoms with Crippen LogP contribution in [0.25, 0.3) is 44.3 Å². The number of benzene rings is 6. The van der Waals surface area contributed by atoms with E-state index in [9.17, 15) is 27.5 Å². The van der Waals surface area contributed by atoms with Crippen LogP contribution < -0.4 is 9.47 Å². The third-order valence-corrected chi connectivity index (χ3v) is 10.3. The molecule has 0 aliphatic rings. The number of nitrogens with zero attached hydrogens (tertiary/aromatic N) is 2. The van der Waals surface area contributed by atoms with Crippen molar-refractivity contribution in [1.29, 1.82) is 0 Å². The molecule has 0 saturated carbocycles. The molecule has 2 aromatic heterocycles. The van der Waals surface area contributed by atoms with Crippen LogP contribution in [0.5, 0.6) is 11.5 Å². The van der Waals surface area contributed by atoms with Gasteiger partial charge < -0.3 is 24.5 Å².